The average molecular weight is 380 g/mol. The summed E-state index contributed by atoms with van der Waals surface area (Å²) in [6.45, 7) is 2.25. The molecule has 1 heterocycles. The van der Waals surface area contributed by atoms with E-state index in [0.29, 0.717) is 29.4 Å². The molecule has 0 spiro atoms. The molecule has 8 heteroatoms. The molecule has 3 N–H and O–H groups in total. The normalized spacial score (nSPS) is 10.8. The topological polar surface area (TPSA) is 109 Å². The molecule has 2 aromatic carbocycles. The molecule has 0 bridgehead atoms. The molecule has 0 aliphatic rings. The summed E-state index contributed by atoms with van der Waals surface area (Å²) in [5.41, 5.74) is 4.82. The fourth-order valence-corrected chi connectivity index (χ4v) is 2.48. The molecule has 3 rings (SSSR count). The predicted octanol–water partition coefficient (Wildman–Crippen LogP) is 2.95. The lowest BCUT2D eigenvalue weighted by atomic mass is 10.1. The number of H-pyrrole nitrogens is 1. The fourth-order valence-electron chi connectivity index (χ4n) is 2.48. The number of carbonyl (C=O) groups is 1. The zero-order valence-electron chi connectivity index (χ0n) is 15.5. The third-order valence-electron chi connectivity index (χ3n) is 3.85. The van der Waals surface area contributed by atoms with Crippen LogP contribution < -0.4 is 14.9 Å². The molecule has 0 atom stereocenters. The molecule has 8 nitrogen and oxygen atoms in total. The quantitative estimate of drug-likeness (QED) is 0.431. The van der Waals surface area contributed by atoms with Crippen LogP contribution >= 0.6 is 0 Å². The highest BCUT2D eigenvalue weighted by atomic mass is 16.5. The Labute approximate surface area is 161 Å². The maximum absolute atomic E-state index is 12.2. The van der Waals surface area contributed by atoms with Gasteiger partial charge in [0.15, 0.2) is 11.5 Å². The van der Waals surface area contributed by atoms with Crippen LogP contribution in [0.3, 0.4) is 0 Å². The van der Waals surface area contributed by atoms with Crippen LogP contribution in [-0.4, -0.2) is 41.1 Å². The first-order chi connectivity index (χ1) is 13.6. The van der Waals surface area contributed by atoms with Gasteiger partial charge in [0, 0.05) is 5.56 Å². The van der Waals surface area contributed by atoms with Crippen molar-refractivity contribution >= 4 is 12.1 Å². The van der Waals surface area contributed by atoms with Gasteiger partial charge < -0.3 is 14.6 Å². The highest BCUT2D eigenvalue weighted by Crippen LogP contribution is 2.26. The van der Waals surface area contributed by atoms with Crippen molar-refractivity contribution in [2.45, 2.75) is 6.92 Å². The van der Waals surface area contributed by atoms with Gasteiger partial charge in [-0.05, 0) is 48.9 Å². The summed E-state index contributed by atoms with van der Waals surface area (Å²) in [6, 6.07) is 13.8. The number of ether oxygens (including phenoxy) is 2. The number of hydrazone groups is 1. The van der Waals surface area contributed by atoms with Gasteiger partial charge in [0.1, 0.15) is 11.4 Å². The Hall–Kier alpha value is -3.81. The number of nitrogens with one attached hydrogen (secondary N) is 2. The first-order valence-corrected chi connectivity index (χ1v) is 8.59. The molecule has 0 saturated heterocycles. The van der Waals surface area contributed by atoms with E-state index in [1.54, 1.807) is 25.3 Å². The van der Waals surface area contributed by atoms with Gasteiger partial charge in [-0.3, -0.25) is 9.89 Å². The SMILES string of the molecule is CCOc1cc(/C=N\NC(=O)c2cc(-c3cccc(OC)c3)n[nH]2)ccc1O. The number of rotatable bonds is 7. The minimum Gasteiger partial charge on any atom is -0.504 e. The van der Waals surface area contributed by atoms with Gasteiger partial charge in [-0.2, -0.15) is 10.2 Å². The fraction of sp³-hybridized carbons (Fsp3) is 0.150. The largest absolute Gasteiger partial charge is 0.504 e. The van der Waals surface area contributed by atoms with Crippen LogP contribution in [0.2, 0.25) is 0 Å². The van der Waals surface area contributed by atoms with Crippen molar-refractivity contribution in [1.82, 2.24) is 15.6 Å². The van der Waals surface area contributed by atoms with E-state index < -0.39 is 5.91 Å². The predicted molar refractivity (Wildman–Crippen MR) is 105 cm³/mol. The van der Waals surface area contributed by atoms with E-state index in [4.69, 9.17) is 9.47 Å². The van der Waals surface area contributed by atoms with Gasteiger partial charge in [-0.15, -0.1) is 0 Å². The molecule has 1 aromatic heterocycles. The number of phenolic OH excluding ortho intramolecular Hbond substituents is 1. The molecule has 0 radical (unpaired) electrons. The second-order valence-electron chi connectivity index (χ2n) is 5.76. The summed E-state index contributed by atoms with van der Waals surface area (Å²) in [5, 5.41) is 20.5. The lowest BCUT2D eigenvalue weighted by Crippen LogP contribution is -2.18. The summed E-state index contributed by atoms with van der Waals surface area (Å²) in [5.74, 6) is 0.679. The third kappa shape index (κ3) is 4.47. The van der Waals surface area contributed by atoms with Gasteiger partial charge in [0.25, 0.3) is 5.91 Å². The maximum atomic E-state index is 12.2. The van der Waals surface area contributed by atoms with Crippen LogP contribution in [0.15, 0.2) is 53.6 Å². The van der Waals surface area contributed by atoms with E-state index in [2.05, 4.69) is 20.7 Å². The third-order valence-corrected chi connectivity index (χ3v) is 3.85. The van der Waals surface area contributed by atoms with Gasteiger partial charge in [0.05, 0.1) is 25.6 Å². The summed E-state index contributed by atoms with van der Waals surface area (Å²) >= 11 is 0. The number of methoxy groups -OCH3 is 1. The van der Waals surface area contributed by atoms with Gasteiger partial charge in [0.2, 0.25) is 0 Å². The molecule has 0 aliphatic carbocycles. The number of aromatic hydroxyl groups is 1. The molecule has 28 heavy (non-hydrogen) atoms. The number of amides is 1. The van der Waals surface area contributed by atoms with Crippen molar-refractivity contribution in [1.29, 1.82) is 0 Å². The molecule has 0 aliphatic heterocycles. The maximum Gasteiger partial charge on any atom is 0.289 e. The van der Waals surface area contributed by atoms with Crippen LogP contribution in [0, 0.1) is 0 Å². The second-order valence-corrected chi connectivity index (χ2v) is 5.76. The van der Waals surface area contributed by atoms with E-state index in [0.717, 1.165) is 5.56 Å². The van der Waals surface area contributed by atoms with Crippen LogP contribution in [0.1, 0.15) is 23.0 Å². The number of aromatic amines is 1. The van der Waals surface area contributed by atoms with Crippen molar-refractivity contribution in [3.05, 3.63) is 59.8 Å². The van der Waals surface area contributed by atoms with E-state index in [-0.39, 0.29) is 11.4 Å². The van der Waals surface area contributed by atoms with Crippen LogP contribution in [0.5, 0.6) is 17.2 Å². The standard InChI is InChI=1S/C20H20N4O4/c1-3-28-19-9-13(7-8-18(19)25)12-21-24-20(26)17-11-16(22-23-17)14-5-4-6-15(10-14)27-2/h4-12,25H,3H2,1-2H3,(H,22,23)(H,24,26)/b21-12-. The van der Waals surface area contributed by atoms with Crippen LogP contribution in [-0.2, 0) is 0 Å². The Morgan fingerprint density at radius 1 is 1.29 bits per heavy atom. The molecule has 0 saturated carbocycles. The number of nitrogens with zero attached hydrogens (tertiary/aromatic N) is 2. The number of hydrogen-bond acceptors (Lipinski definition) is 6. The number of benzene rings is 2. The van der Waals surface area contributed by atoms with Crippen molar-refractivity contribution in [3.63, 3.8) is 0 Å². The Balaban J connectivity index is 1.66. The molecular formula is C20H20N4O4. The highest BCUT2D eigenvalue weighted by molar-refractivity contribution is 5.94. The van der Waals surface area contributed by atoms with Crippen molar-refractivity contribution in [2.24, 2.45) is 5.10 Å². The minimum absolute atomic E-state index is 0.0468. The van der Waals surface area contributed by atoms with Gasteiger partial charge in [-0.25, -0.2) is 5.43 Å². The number of hydrogen-bond donors (Lipinski definition) is 3. The second kappa shape index (κ2) is 8.72. The summed E-state index contributed by atoms with van der Waals surface area (Å²) in [6.07, 6.45) is 1.46. The zero-order valence-corrected chi connectivity index (χ0v) is 15.5. The molecule has 1 amide bonds. The Kier molecular flexibility index (Phi) is 5.91. The lowest BCUT2D eigenvalue weighted by Gasteiger charge is -2.05. The van der Waals surface area contributed by atoms with Crippen molar-refractivity contribution in [2.75, 3.05) is 13.7 Å². The molecule has 3 aromatic rings. The summed E-state index contributed by atoms with van der Waals surface area (Å²) in [4.78, 5) is 12.2. The number of aromatic nitrogens is 2. The van der Waals surface area contributed by atoms with Crippen LogP contribution in [0.4, 0.5) is 0 Å². The summed E-state index contributed by atoms with van der Waals surface area (Å²) in [7, 11) is 1.59. The van der Waals surface area contributed by atoms with Crippen molar-refractivity contribution in [3.8, 4) is 28.5 Å². The average Bonchev–Trinajstić information content (AvgIpc) is 3.21. The Morgan fingerprint density at radius 2 is 2.14 bits per heavy atom. The van der Waals surface area contributed by atoms with E-state index in [9.17, 15) is 9.90 Å². The zero-order chi connectivity index (χ0) is 19.9. The van der Waals surface area contributed by atoms with E-state index >= 15 is 0 Å². The van der Waals surface area contributed by atoms with Gasteiger partial charge >= 0.3 is 0 Å². The number of phenols is 1. The minimum atomic E-state index is -0.429. The molecule has 144 valence electrons. The monoisotopic (exact) mass is 380 g/mol. The Bertz CT molecular complexity index is 997. The number of carbonyl (C=O) groups excluding carboxylic acids is 1. The first kappa shape index (κ1) is 19.0. The molecular weight excluding hydrogens is 360 g/mol. The first-order valence-electron chi connectivity index (χ1n) is 8.59. The van der Waals surface area contributed by atoms with Crippen LogP contribution in [0.25, 0.3) is 11.3 Å². The van der Waals surface area contributed by atoms with Gasteiger partial charge in [-0.1, -0.05) is 12.1 Å². The molecule has 0 fully saturated rings. The highest BCUT2D eigenvalue weighted by Gasteiger charge is 2.11. The lowest BCUT2D eigenvalue weighted by molar-refractivity contribution is 0.0950. The van der Waals surface area contributed by atoms with E-state index in [1.807, 2.05) is 31.2 Å². The van der Waals surface area contributed by atoms with Crippen molar-refractivity contribution < 1.29 is 19.4 Å². The Morgan fingerprint density at radius 3 is 2.93 bits per heavy atom. The molecule has 0 unspecified atom stereocenters. The van der Waals surface area contributed by atoms with E-state index in [1.165, 1.54) is 12.3 Å². The summed E-state index contributed by atoms with van der Waals surface area (Å²) < 4.78 is 10.5. The smallest absolute Gasteiger partial charge is 0.289 e.